The molecule has 1 saturated carbocycles. The van der Waals surface area contributed by atoms with Crippen LogP contribution in [0, 0.1) is 23.5 Å². The van der Waals surface area contributed by atoms with E-state index in [1.165, 1.54) is 13.2 Å². The molecule has 0 bridgehead atoms. The molecule has 1 aromatic rings. The van der Waals surface area contributed by atoms with Crippen molar-refractivity contribution in [3.05, 3.63) is 35.4 Å². The van der Waals surface area contributed by atoms with Crippen LogP contribution in [0.2, 0.25) is 0 Å². The SMILES string of the molecule is COC(=O)[C@H]1CC[C@H](C(=O)c2ccc(F)cc2F)CC1. The summed E-state index contributed by atoms with van der Waals surface area (Å²) in [6, 6.07) is 2.98. The summed E-state index contributed by atoms with van der Waals surface area (Å²) in [5.41, 5.74) is -0.0760. The summed E-state index contributed by atoms with van der Waals surface area (Å²) >= 11 is 0. The number of ether oxygens (including phenoxy) is 1. The summed E-state index contributed by atoms with van der Waals surface area (Å²) in [5, 5.41) is 0. The lowest BCUT2D eigenvalue weighted by Crippen LogP contribution is -2.27. The van der Waals surface area contributed by atoms with Crippen molar-refractivity contribution in [3.8, 4) is 0 Å². The van der Waals surface area contributed by atoms with Crippen molar-refractivity contribution in [3.63, 3.8) is 0 Å². The topological polar surface area (TPSA) is 43.4 Å². The lowest BCUT2D eigenvalue weighted by molar-refractivity contribution is -0.146. The second-order valence-electron chi connectivity index (χ2n) is 5.06. The molecule has 0 atom stereocenters. The van der Waals surface area contributed by atoms with E-state index in [1.807, 2.05) is 0 Å². The maximum absolute atomic E-state index is 13.6. The number of Topliss-reactive ketones (excluding diaryl/α,β-unsaturated/α-hetero) is 1. The van der Waals surface area contributed by atoms with E-state index in [-0.39, 0.29) is 29.2 Å². The van der Waals surface area contributed by atoms with Gasteiger partial charge in [0.15, 0.2) is 5.78 Å². The predicted molar refractivity (Wildman–Crippen MR) is 68.2 cm³/mol. The average Bonchev–Trinajstić information content (AvgIpc) is 2.46. The minimum Gasteiger partial charge on any atom is -0.469 e. The molecule has 1 aliphatic carbocycles. The Morgan fingerprint density at radius 2 is 1.70 bits per heavy atom. The molecular weight excluding hydrogens is 266 g/mol. The minimum atomic E-state index is -0.829. The van der Waals surface area contributed by atoms with Crippen LogP contribution >= 0.6 is 0 Å². The van der Waals surface area contributed by atoms with Crippen LogP contribution < -0.4 is 0 Å². The zero-order valence-electron chi connectivity index (χ0n) is 11.2. The molecule has 0 radical (unpaired) electrons. The molecule has 0 spiro atoms. The number of hydrogen-bond acceptors (Lipinski definition) is 3. The molecule has 0 heterocycles. The highest BCUT2D eigenvalue weighted by atomic mass is 19.1. The van der Waals surface area contributed by atoms with Gasteiger partial charge in [0.2, 0.25) is 0 Å². The van der Waals surface area contributed by atoms with E-state index in [0.29, 0.717) is 31.7 Å². The van der Waals surface area contributed by atoms with Gasteiger partial charge in [-0.3, -0.25) is 9.59 Å². The molecule has 0 aromatic heterocycles. The summed E-state index contributed by atoms with van der Waals surface area (Å²) in [6.07, 6.45) is 2.17. The van der Waals surface area contributed by atoms with Gasteiger partial charge in [0.05, 0.1) is 18.6 Å². The molecule has 1 aliphatic rings. The lowest BCUT2D eigenvalue weighted by atomic mass is 9.78. The molecule has 5 heteroatoms. The normalized spacial score (nSPS) is 22.4. The molecule has 108 valence electrons. The fraction of sp³-hybridized carbons (Fsp3) is 0.467. The van der Waals surface area contributed by atoms with E-state index in [9.17, 15) is 18.4 Å². The molecule has 20 heavy (non-hydrogen) atoms. The molecule has 3 nitrogen and oxygen atoms in total. The van der Waals surface area contributed by atoms with Crippen molar-refractivity contribution >= 4 is 11.8 Å². The molecule has 2 rings (SSSR count). The maximum Gasteiger partial charge on any atom is 0.308 e. The van der Waals surface area contributed by atoms with Gasteiger partial charge < -0.3 is 4.74 Å². The van der Waals surface area contributed by atoms with Crippen LogP contribution in [0.4, 0.5) is 8.78 Å². The quantitative estimate of drug-likeness (QED) is 0.632. The van der Waals surface area contributed by atoms with Crippen molar-refractivity contribution < 1.29 is 23.1 Å². The molecule has 1 aromatic carbocycles. The number of carbonyl (C=O) groups is 2. The molecule has 0 N–H and O–H groups in total. The van der Waals surface area contributed by atoms with Crippen molar-refractivity contribution in [1.82, 2.24) is 0 Å². The zero-order valence-corrected chi connectivity index (χ0v) is 11.2. The molecule has 0 unspecified atom stereocenters. The fourth-order valence-electron chi connectivity index (χ4n) is 2.67. The predicted octanol–water partition coefficient (Wildman–Crippen LogP) is 3.13. The van der Waals surface area contributed by atoms with Crippen molar-refractivity contribution in [2.24, 2.45) is 11.8 Å². The highest BCUT2D eigenvalue weighted by Crippen LogP contribution is 2.32. The van der Waals surface area contributed by atoms with E-state index < -0.39 is 11.6 Å². The Hall–Kier alpha value is -1.78. The van der Waals surface area contributed by atoms with Crippen molar-refractivity contribution in [2.75, 3.05) is 7.11 Å². The van der Waals surface area contributed by atoms with Crippen LogP contribution in [-0.4, -0.2) is 18.9 Å². The van der Waals surface area contributed by atoms with Crippen LogP contribution in [0.1, 0.15) is 36.0 Å². The first kappa shape index (κ1) is 14.6. The highest BCUT2D eigenvalue weighted by molar-refractivity contribution is 5.98. The average molecular weight is 282 g/mol. The monoisotopic (exact) mass is 282 g/mol. The summed E-state index contributed by atoms with van der Waals surface area (Å²) in [6.45, 7) is 0. The van der Waals surface area contributed by atoms with Crippen molar-refractivity contribution in [2.45, 2.75) is 25.7 Å². The molecule has 0 amide bonds. The first-order valence-electron chi connectivity index (χ1n) is 6.60. The second-order valence-corrected chi connectivity index (χ2v) is 5.06. The third kappa shape index (κ3) is 3.03. The van der Waals surface area contributed by atoms with E-state index >= 15 is 0 Å². The van der Waals surface area contributed by atoms with Crippen LogP contribution in [0.15, 0.2) is 18.2 Å². The largest absolute Gasteiger partial charge is 0.469 e. The second kappa shape index (κ2) is 6.11. The van der Waals surface area contributed by atoms with Crippen molar-refractivity contribution in [1.29, 1.82) is 0 Å². The Labute approximate surface area is 115 Å². The number of rotatable bonds is 3. The summed E-state index contributed by atoms with van der Waals surface area (Å²) < 4.78 is 31.1. The van der Waals surface area contributed by atoms with Crippen LogP contribution in [0.5, 0.6) is 0 Å². The molecule has 1 fully saturated rings. The van der Waals surface area contributed by atoms with Gasteiger partial charge >= 0.3 is 5.97 Å². The van der Waals surface area contributed by atoms with Gasteiger partial charge in [-0.15, -0.1) is 0 Å². The van der Waals surface area contributed by atoms with Gasteiger partial charge in [-0.05, 0) is 37.8 Å². The number of benzene rings is 1. The molecule has 0 aliphatic heterocycles. The van der Waals surface area contributed by atoms with E-state index in [0.717, 1.165) is 6.07 Å². The standard InChI is InChI=1S/C15H16F2O3/c1-20-15(19)10-4-2-9(3-5-10)14(18)12-7-6-11(16)8-13(12)17/h6-10H,2-5H2,1H3/t9-,10-. The number of ketones is 1. The third-order valence-electron chi connectivity index (χ3n) is 3.83. The Kier molecular flexibility index (Phi) is 4.47. The Bertz CT molecular complexity index is 520. The smallest absolute Gasteiger partial charge is 0.308 e. The fourth-order valence-corrected chi connectivity index (χ4v) is 2.67. The number of halogens is 2. The molecule has 0 saturated heterocycles. The maximum atomic E-state index is 13.6. The summed E-state index contributed by atoms with van der Waals surface area (Å²) in [4.78, 5) is 23.6. The van der Waals surface area contributed by atoms with Gasteiger partial charge in [0, 0.05) is 12.0 Å². The number of hydrogen-bond donors (Lipinski definition) is 0. The van der Waals surface area contributed by atoms with Gasteiger partial charge in [0.1, 0.15) is 11.6 Å². The number of carbonyl (C=O) groups excluding carboxylic acids is 2. The van der Waals surface area contributed by atoms with Gasteiger partial charge in [0.25, 0.3) is 0 Å². The molecular formula is C15H16F2O3. The van der Waals surface area contributed by atoms with Crippen LogP contribution in [0.3, 0.4) is 0 Å². The number of methoxy groups -OCH3 is 1. The summed E-state index contributed by atoms with van der Waals surface area (Å²) in [7, 11) is 1.34. The Balaban J connectivity index is 2.03. The van der Waals surface area contributed by atoms with Gasteiger partial charge in [-0.2, -0.15) is 0 Å². The lowest BCUT2D eigenvalue weighted by Gasteiger charge is -2.26. The van der Waals surface area contributed by atoms with E-state index in [1.54, 1.807) is 0 Å². The Morgan fingerprint density at radius 3 is 2.25 bits per heavy atom. The Morgan fingerprint density at radius 1 is 1.10 bits per heavy atom. The third-order valence-corrected chi connectivity index (χ3v) is 3.83. The minimum absolute atomic E-state index is 0.0760. The summed E-state index contributed by atoms with van der Waals surface area (Å²) in [5.74, 6) is -2.59. The first-order valence-corrected chi connectivity index (χ1v) is 6.60. The van der Waals surface area contributed by atoms with Gasteiger partial charge in [-0.25, -0.2) is 8.78 Å². The van der Waals surface area contributed by atoms with Crippen LogP contribution in [0.25, 0.3) is 0 Å². The number of esters is 1. The first-order chi connectivity index (χ1) is 9.52. The zero-order chi connectivity index (χ0) is 14.7. The van der Waals surface area contributed by atoms with E-state index in [2.05, 4.69) is 4.74 Å². The van der Waals surface area contributed by atoms with Crippen LogP contribution in [-0.2, 0) is 9.53 Å². The van der Waals surface area contributed by atoms with Gasteiger partial charge in [-0.1, -0.05) is 0 Å². The highest BCUT2D eigenvalue weighted by Gasteiger charge is 2.31. The van der Waals surface area contributed by atoms with E-state index in [4.69, 9.17) is 0 Å².